The highest BCUT2D eigenvalue weighted by molar-refractivity contribution is 7.79. The standard InChI is InChI=1S/C22H27FN4O4S/c23-18-6-4-16(5-7-18)17-14-24-21(25-15-17)27-12-10-26(11-13-27)19(32(30)31)22(20(28)29)8-2-1-3-9-22/h4-7,14-15,19H,1-3,8-13H2,(H,28,29)(H,30,31)/p-1. The van der Waals surface area contributed by atoms with Gasteiger partial charge in [0, 0.05) is 44.1 Å². The molecule has 10 heteroatoms. The van der Waals surface area contributed by atoms with Crippen LogP contribution >= 0.6 is 0 Å². The van der Waals surface area contributed by atoms with Crippen LogP contribution in [0, 0.1) is 11.2 Å². The minimum absolute atomic E-state index is 0.306. The van der Waals surface area contributed by atoms with Crippen molar-refractivity contribution < 1.29 is 23.1 Å². The fourth-order valence-electron chi connectivity index (χ4n) is 4.84. The summed E-state index contributed by atoms with van der Waals surface area (Å²) in [6.07, 6.45) is 6.52. The Bertz CT molecular complexity index is 959. The maximum atomic E-state index is 13.1. The maximum Gasteiger partial charge on any atom is 0.312 e. The second kappa shape index (κ2) is 9.60. The number of piperazine rings is 1. The molecule has 1 saturated heterocycles. The molecule has 0 radical (unpaired) electrons. The number of rotatable bonds is 6. The average Bonchev–Trinajstić information content (AvgIpc) is 2.81. The van der Waals surface area contributed by atoms with Gasteiger partial charge in [0.15, 0.2) is 0 Å². The van der Waals surface area contributed by atoms with Gasteiger partial charge in [0.1, 0.15) is 5.82 Å². The van der Waals surface area contributed by atoms with Crippen molar-refractivity contribution in [3.63, 3.8) is 0 Å². The molecule has 2 heterocycles. The molecular formula is C22H26FN4O4S-. The Morgan fingerprint density at radius 3 is 2.16 bits per heavy atom. The zero-order valence-corrected chi connectivity index (χ0v) is 18.5. The summed E-state index contributed by atoms with van der Waals surface area (Å²) < 4.78 is 37.5. The Kier molecular flexibility index (Phi) is 6.82. The van der Waals surface area contributed by atoms with Crippen LogP contribution in [-0.2, 0) is 15.9 Å². The molecule has 0 amide bonds. The molecule has 4 rings (SSSR count). The molecule has 0 spiro atoms. The van der Waals surface area contributed by atoms with Gasteiger partial charge in [-0.2, -0.15) is 0 Å². The first kappa shape index (κ1) is 22.8. The van der Waals surface area contributed by atoms with Crippen molar-refractivity contribution in [3.8, 4) is 11.1 Å². The number of benzene rings is 1. The molecule has 2 aliphatic rings. The lowest BCUT2D eigenvalue weighted by atomic mass is 9.73. The van der Waals surface area contributed by atoms with E-state index in [9.17, 15) is 23.1 Å². The molecule has 32 heavy (non-hydrogen) atoms. The lowest BCUT2D eigenvalue weighted by Gasteiger charge is -2.48. The van der Waals surface area contributed by atoms with Gasteiger partial charge < -0.3 is 14.6 Å². The summed E-state index contributed by atoms with van der Waals surface area (Å²) in [7, 11) is 0. The van der Waals surface area contributed by atoms with Crippen molar-refractivity contribution in [2.45, 2.75) is 37.5 Å². The largest absolute Gasteiger partial charge is 0.771 e. The monoisotopic (exact) mass is 461 g/mol. The van der Waals surface area contributed by atoms with E-state index in [2.05, 4.69) is 9.97 Å². The minimum atomic E-state index is -2.52. The second-order valence-electron chi connectivity index (χ2n) is 8.44. The predicted octanol–water partition coefficient (Wildman–Crippen LogP) is 2.65. The van der Waals surface area contributed by atoms with Crippen LogP contribution in [0.3, 0.4) is 0 Å². The van der Waals surface area contributed by atoms with E-state index in [4.69, 9.17) is 0 Å². The molecule has 2 fully saturated rings. The average molecular weight is 462 g/mol. The number of hydrogen-bond donors (Lipinski definition) is 1. The van der Waals surface area contributed by atoms with Crippen LogP contribution in [0.15, 0.2) is 36.7 Å². The first-order valence-electron chi connectivity index (χ1n) is 10.8. The fraction of sp³-hybridized carbons (Fsp3) is 0.500. The lowest BCUT2D eigenvalue weighted by molar-refractivity contribution is -0.154. The second-order valence-corrected chi connectivity index (χ2v) is 9.40. The normalized spacial score (nSPS) is 21.1. The van der Waals surface area contributed by atoms with Crippen LogP contribution in [0.2, 0.25) is 0 Å². The molecule has 1 saturated carbocycles. The Balaban J connectivity index is 1.45. The summed E-state index contributed by atoms with van der Waals surface area (Å²) in [4.78, 5) is 24.8. The van der Waals surface area contributed by atoms with Gasteiger partial charge in [0.05, 0.1) is 10.8 Å². The van der Waals surface area contributed by atoms with Gasteiger partial charge in [-0.15, -0.1) is 0 Å². The van der Waals surface area contributed by atoms with Gasteiger partial charge in [-0.25, -0.2) is 14.4 Å². The minimum Gasteiger partial charge on any atom is -0.771 e. The van der Waals surface area contributed by atoms with Gasteiger partial charge in [-0.1, -0.05) is 31.4 Å². The number of halogens is 1. The Labute approximate surface area is 188 Å². The highest BCUT2D eigenvalue weighted by Crippen LogP contribution is 2.43. The Morgan fingerprint density at radius 2 is 1.62 bits per heavy atom. The number of hydrogen-bond acceptors (Lipinski definition) is 7. The summed E-state index contributed by atoms with van der Waals surface area (Å²) in [5, 5.41) is 8.91. The number of anilines is 1. The molecule has 1 aromatic carbocycles. The molecule has 2 aromatic rings. The molecule has 0 bridgehead atoms. The van der Waals surface area contributed by atoms with E-state index in [-0.39, 0.29) is 5.82 Å². The van der Waals surface area contributed by atoms with Crippen molar-refractivity contribution in [1.29, 1.82) is 0 Å². The SMILES string of the molecule is O=C(O)C1(C(N2CCN(c3ncc(-c4ccc(F)cc4)cn3)CC2)S(=O)[O-])CCCCC1. The van der Waals surface area contributed by atoms with Gasteiger partial charge in [0.25, 0.3) is 0 Å². The molecule has 2 atom stereocenters. The molecule has 2 unspecified atom stereocenters. The van der Waals surface area contributed by atoms with E-state index in [0.29, 0.717) is 45.0 Å². The molecule has 172 valence electrons. The fourth-order valence-corrected chi connectivity index (χ4v) is 6.00. The van der Waals surface area contributed by atoms with Crippen LogP contribution in [0.25, 0.3) is 11.1 Å². The summed E-state index contributed by atoms with van der Waals surface area (Å²) >= 11 is -2.52. The van der Waals surface area contributed by atoms with Gasteiger partial charge in [-0.3, -0.25) is 13.9 Å². The van der Waals surface area contributed by atoms with Crippen LogP contribution in [0.5, 0.6) is 0 Å². The molecule has 8 nitrogen and oxygen atoms in total. The number of carboxylic acid groups (broad SMARTS) is 1. The van der Waals surface area contributed by atoms with Gasteiger partial charge in [-0.05, 0) is 41.6 Å². The van der Waals surface area contributed by atoms with Crippen LogP contribution in [0.4, 0.5) is 10.3 Å². The van der Waals surface area contributed by atoms with Crippen molar-refractivity contribution in [3.05, 3.63) is 42.5 Å². The maximum absolute atomic E-state index is 13.1. The third-order valence-corrected chi connectivity index (χ3v) is 7.69. The number of aliphatic carboxylic acids is 1. The van der Waals surface area contributed by atoms with E-state index in [0.717, 1.165) is 30.4 Å². The molecule has 1 aliphatic heterocycles. The zero-order valence-electron chi connectivity index (χ0n) is 17.7. The van der Waals surface area contributed by atoms with Crippen molar-refractivity contribution >= 4 is 23.0 Å². The third-order valence-electron chi connectivity index (χ3n) is 6.57. The van der Waals surface area contributed by atoms with Crippen LogP contribution in [-0.4, -0.2) is 66.3 Å². The summed E-state index contributed by atoms with van der Waals surface area (Å²) in [5.41, 5.74) is 0.338. The molecule has 1 aromatic heterocycles. The smallest absolute Gasteiger partial charge is 0.312 e. The summed E-state index contributed by atoms with van der Waals surface area (Å²) in [6, 6.07) is 6.10. The Hall–Kier alpha value is -2.43. The topological polar surface area (TPSA) is 110 Å². The third kappa shape index (κ3) is 4.53. The van der Waals surface area contributed by atoms with E-state index >= 15 is 0 Å². The molecule has 1 aliphatic carbocycles. The van der Waals surface area contributed by atoms with Gasteiger partial charge >= 0.3 is 5.97 Å². The number of nitrogens with zero attached hydrogens (tertiary/aromatic N) is 4. The predicted molar refractivity (Wildman–Crippen MR) is 117 cm³/mol. The highest BCUT2D eigenvalue weighted by atomic mass is 32.2. The quantitative estimate of drug-likeness (QED) is 0.654. The Morgan fingerprint density at radius 1 is 1.03 bits per heavy atom. The number of carbonyl (C=O) groups is 1. The number of aromatic nitrogens is 2. The van der Waals surface area contributed by atoms with Crippen LogP contribution < -0.4 is 4.90 Å². The van der Waals surface area contributed by atoms with Crippen molar-refractivity contribution in [2.24, 2.45) is 5.41 Å². The first-order chi connectivity index (χ1) is 15.4. The summed E-state index contributed by atoms with van der Waals surface area (Å²) in [5.74, 6) is -0.797. The van der Waals surface area contributed by atoms with Crippen LogP contribution in [0.1, 0.15) is 32.1 Å². The highest BCUT2D eigenvalue weighted by Gasteiger charge is 2.50. The molecule has 1 N–H and O–H groups in total. The lowest BCUT2D eigenvalue weighted by Crippen LogP contribution is -2.60. The number of carboxylic acids is 1. The first-order valence-corrected chi connectivity index (χ1v) is 11.9. The van der Waals surface area contributed by atoms with E-state index in [1.165, 1.54) is 12.1 Å². The van der Waals surface area contributed by atoms with E-state index < -0.39 is 27.8 Å². The summed E-state index contributed by atoms with van der Waals surface area (Å²) in [6.45, 7) is 1.83. The van der Waals surface area contributed by atoms with E-state index in [1.807, 2.05) is 4.90 Å². The van der Waals surface area contributed by atoms with E-state index in [1.54, 1.807) is 29.4 Å². The molecular weight excluding hydrogens is 435 g/mol. The van der Waals surface area contributed by atoms with Crippen molar-refractivity contribution in [1.82, 2.24) is 14.9 Å². The van der Waals surface area contributed by atoms with Gasteiger partial charge in [0.2, 0.25) is 5.95 Å². The zero-order chi connectivity index (χ0) is 22.7. The van der Waals surface area contributed by atoms with Crippen molar-refractivity contribution in [2.75, 3.05) is 31.1 Å².